The molecule has 24 heavy (non-hydrogen) atoms. The molecule has 8 heteroatoms. The summed E-state index contributed by atoms with van der Waals surface area (Å²) in [6.07, 6.45) is 1.81. The molecule has 1 unspecified atom stereocenters. The summed E-state index contributed by atoms with van der Waals surface area (Å²) in [5.41, 5.74) is 2.10. The van der Waals surface area contributed by atoms with Crippen LogP contribution in [0, 0.1) is 12.8 Å². The summed E-state index contributed by atoms with van der Waals surface area (Å²) in [4.78, 5) is 12.2. The third-order valence-electron chi connectivity index (χ3n) is 4.44. The van der Waals surface area contributed by atoms with Gasteiger partial charge in [-0.15, -0.1) is 0 Å². The number of sulfone groups is 1. The van der Waals surface area contributed by atoms with Crippen molar-refractivity contribution in [3.8, 4) is 0 Å². The van der Waals surface area contributed by atoms with Crippen molar-refractivity contribution in [2.75, 3.05) is 5.32 Å². The number of rotatable bonds is 4. The van der Waals surface area contributed by atoms with Gasteiger partial charge < -0.3 is 5.32 Å². The smallest absolute Gasteiger partial charge is 0.228 e. The lowest BCUT2D eigenvalue weighted by Crippen LogP contribution is -2.23. The van der Waals surface area contributed by atoms with Gasteiger partial charge in [-0.1, -0.05) is 12.1 Å². The molecule has 1 aliphatic heterocycles. The van der Waals surface area contributed by atoms with Crippen molar-refractivity contribution in [1.82, 2.24) is 15.5 Å². The fourth-order valence-corrected chi connectivity index (χ4v) is 4.63. The fourth-order valence-electron chi connectivity index (χ4n) is 2.93. The molecule has 2 aliphatic rings. The Labute approximate surface area is 139 Å². The number of fused-ring (bicyclic) bond motifs is 1. The number of hydrogen-bond acceptors (Lipinski definition) is 5. The Morgan fingerprint density at radius 2 is 2.12 bits per heavy atom. The van der Waals surface area contributed by atoms with Crippen LogP contribution in [0.15, 0.2) is 29.2 Å². The van der Waals surface area contributed by atoms with Crippen LogP contribution in [0.1, 0.15) is 35.0 Å². The van der Waals surface area contributed by atoms with Crippen LogP contribution in [0.25, 0.3) is 0 Å². The molecule has 0 radical (unpaired) electrons. The summed E-state index contributed by atoms with van der Waals surface area (Å²) in [5, 5.41) is 11.8. The minimum absolute atomic E-state index is 0.0470. The number of aromatic amines is 1. The minimum Gasteiger partial charge on any atom is -0.309 e. The van der Waals surface area contributed by atoms with Gasteiger partial charge >= 0.3 is 0 Å². The van der Waals surface area contributed by atoms with Gasteiger partial charge in [0.25, 0.3) is 0 Å². The van der Waals surface area contributed by atoms with E-state index in [-0.39, 0.29) is 16.7 Å². The van der Waals surface area contributed by atoms with Gasteiger partial charge in [0.15, 0.2) is 21.0 Å². The van der Waals surface area contributed by atoms with Crippen molar-refractivity contribution in [3.05, 3.63) is 41.1 Å². The molecular weight excluding hydrogens is 328 g/mol. The molecule has 1 fully saturated rings. The summed E-state index contributed by atoms with van der Waals surface area (Å²) in [6.45, 7) is 2.20. The number of benzene rings is 1. The van der Waals surface area contributed by atoms with E-state index >= 15 is 0 Å². The normalized spacial score (nSPS) is 20.0. The molecule has 1 saturated carbocycles. The number of H-pyrrole nitrogens is 1. The minimum atomic E-state index is -3.59. The maximum absolute atomic E-state index is 12.9. The Hall–Kier alpha value is -2.19. The molecule has 1 aliphatic carbocycles. The Morgan fingerprint density at radius 3 is 2.83 bits per heavy atom. The molecule has 0 saturated heterocycles. The third-order valence-corrected chi connectivity index (χ3v) is 6.38. The first kappa shape index (κ1) is 15.3. The number of nitrogens with zero attached hydrogens (tertiary/aromatic N) is 1. The van der Waals surface area contributed by atoms with Crippen LogP contribution < -0.4 is 10.6 Å². The number of aromatic nitrogens is 2. The molecular formula is C16H18N4O3S. The molecule has 3 N–H and O–H groups in total. The Morgan fingerprint density at radius 1 is 1.33 bits per heavy atom. The van der Waals surface area contributed by atoms with E-state index in [9.17, 15) is 13.2 Å². The molecule has 0 bridgehead atoms. The molecule has 7 nitrogen and oxygen atoms in total. The van der Waals surface area contributed by atoms with Crippen LogP contribution in [0.3, 0.4) is 0 Å². The van der Waals surface area contributed by atoms with Gasteiger partial charge in [-0.25, -0.2) is 8.42 Å². The zero-order valence-electron chi connectivity index (χ0n) is 13.2. The van der Waals surface area contributed by atoms with Gasteiger partial charge in [-0.05, 0) is 37.5 Å². The SMILES string of the molecule is Cc1cccc(S(=O)(=O)C2NCc3c(NC(=O)C4CC4)n[nH]c32)c1. The number of carbonyl (C=O) groups is 1. The Kier molecular flexibility index (Phi) is 3.47. The van der Waals surface area contributed by atoms with Gasteiger partial charge in [0.2, 0.25) is 5.91 Å². The highest BCUT2D eigenvalue weighted by Crippen LogP contribution is 2.36. The van der Waals surface area contributed by atoms with E-state index in [1.807, 2.05) is 13.0 Å². The zero-order valence-corrected chi connectivity index (χ0v) is 14.0. The summed E-state index contributed by atoms with van der Waals surface area (Å²) in [5.74, 6) is 0.448. The molecule has 1 amide bonds. The molecule has 2 heterocycles. The lowest BCUT2D eigenvalue weighted by atomic mass is 10.2. The number of amides is 1. The Balaban J connectivity index is 1.64. The topological polar surface area (TPSA) is 104 Å². The summed E-state index contributed by atoms with van der Waals surface area (Å²) >= 11 is 0. The van der Waals surface area contributed by atoms with Gasteiger partial charge in [-0.3, -0.25) is 15.2 Å². The molecule has 1 aromatic carbocycles. The first-order valence-corrected chi connectivity index (χ1v) is 9.43. The summed E-state index contributed by atoms with van der Waals surface area (Å²) in [6, 6.07) is 6.83. The number of hydrogen-bond donors (Lipinski definition) is 3. The van der Waals surface area contributed by atoms with E-state index in [0.29, 0.717) is 23.6 Å². The standard InChI is InChI=1S/C16H18N4O3S/c1-9-3-2-4-11(7-9)24(22,23)16-13-12(8-17-16)14(20-19-13)18-15(21)10-5-6-10/h2-4,7,10,16-17H,5-6,8H2,1H3,(H2,18,19,20,21). The number of aryl methyl sites for hydroxylation is 1. The van der Waals surface area contributed by atoms with Crippen LogP contribution in [0.4, 0.5) is 5.82 Å². The van der Waals surface area contributed by atoms with E-state index in [1.165, 1.54) is 0 Å². The number of anilines is 1. The number of carbonyl (C=O) groups excluding carboxylic acids is 1. The van der Waals surface area contributed by atoms with Crippen molar-refractivity contribution < 1.29 is 13.2 Å². The maximum Gasteiger partial charge on any atom is 0.228 e. The average molecular weight is 346 g/mol. The molecule has 126 valence electrons. The highest BCUT2D eigenvalue weighted by molar-refractivity contribution is 7.91. The van der Waals surface area contributed by atoms with Crippen molar-refractivity contribution >= 4 is 21.6 Å². The van der Waals surface area contributed by atoms with E-state index in [0.717, 1.165) is 18.4 Å². The number of nitrogens with one attached hydrogen (secondary N) is 3. The fraction of sp³-hybridized carbons (Fsp3) is 0.375. The monoisotopic (exact) mass is 346 g/mol. The molecule has 2 aromatic rings. The predicted molar refractivity (Wildman–Crippen MR) is 87.9 cm³/mol. The van der Waals surface area contributed by atoms with Crippen molar-refractivity contribution in [3.63, 3.8) is 0 Å². The second-order valence-corrected chi connectivity index (χ2v) is 8.38. The van der Waals surface area contributed by atoms with Crippen LogP contribution in [0.2, 0.25) is 0 Å². The first-order valence-electron chi connectivity index (χ1n) is 7.89. The average Bonchev–Trinajstić information content (AvgIpc) is 3.20. The lowest BCUT2D eigenvalue weighted by molar-refractivity contribution is -0.117. The third kappa shape index (κ3) is 2.51. The van der Waals surface area contributed by atoms with E-state index in [1.54, 1.807) is 18.2 Å². The lowest BCUT2D eigenvalue weighted by Gasteiger charge is -2.12. The molecule has 4 rings (SSSR count). The molecule has 0 spiro atoms. The van der Waals surface area contributed by atoms with Gasteiger partial charge in [-0.2, -0.15) is 5.10 Å². The molecule has 1 atom stereocenters. The van der Waals surface area contributed by atoms with Crippen LogP contribution in [0.5, 0.6) is 0 Å². The predicted octanol–water partition coefficient (Wildman–Crippen LogP) is 1.64. The van der Waals surface area contributed by atoms with Crippen molar-refractivity contribution in [2.24, 2.45) is 5.92 Å². The van der Waals surface area contributed by atoms with Crippen LogP contribution in [-0.4, -0.2) is 24.5 Å². The Bertz CT molecular complexity index is 915. The first-order chi connectivity index (χ1) is 11.5. The highest BCUT2D eigenvalue weighted by atomic mass is 32.2. The van der Waals surface area contributed by atoms with E-state index < -0.39 is 15.2 Å². The zero-order chi connectivity index (χ0) is 16.9. The highest BCUT2D eigenvalue weighted by Gasteiger charge is 2.39. The van der Waals surface area contributed by atoms with Crippen molar-refractivity contribution in [1.29, 1.82) is 0 Å². The largest absolute Gasteiger partial charge is 0.309 e. The molecule has 1 aromatic heterocycles. The summed E-state index contributed by atoms with van der Waals surface area (Å²) < 4.78 is 25.8. The van der Waals surface area contributed by atoms with Crippen molar-refractivity contribution in [2.45, 2.75) is 36.6 Å². The van der Waals surface area contributed by atoms with E-state index in [4.69, 9.17) is 0 Å². The van der Waals surface area contributed by atoms with Gasteiger partial charge in [0.1, 0.15) is 0 Å². The van der Waals surface area contributed by atoms with Crippen LogP contribution in [-0.2, 0) is 21.2 Å². The van der Waals surface area contributed by atoms with Gasteiger partial charge in [0.05, 0.1) is 10.6 Å². The maximum atomic E-state index is 12.9. The summed E-state index contributed by atoms with van der Waals surface area (Å²) in [7, 11) is -3.59. The van der Waals surface area contributed by atoms with Gasteiger partial charge in [0, 0.05) is 18.0 Å². The van der Waals surface area contributed by atoms with E-state index in [2.05, 4.69) is 20.8 Å². The van der Waals surface area contributed by atoms with Crippen LogP contribution >= 0.6 is 0 Å². The second-order valence-electron chi connectivity index (χ2n) is 6.35. The second kappa shape index (κ2) is 5.42. The quantitative estimate of drug-likeness (QED) is 0.781.